The van der Waals surface area contributed by atoms with Crippen LogP contribution in [0.5, 0.6) is 0 Å². The molecule has 0 unspecified atom stereocenters. The summed E-state index contributed by atoms with van der Waals surface area (Å²) in [5, 5.41) is 3.48. The van der Waals surface area contributed by atoms with E-state index >= 15 is 0 Å². The van der Waals surface area contributed by atoms with E-state index in [9.17, 15) is 21.6 Å². The monoisotopic (exact) mass is 465 g/mol. The number of anilines is 1. The molecule has 0 atom stereocenters. The van der Waals surface area contributed by atoms with Crippen molar-refractivity contribution in [3.63, 3.8) is 0 Å². The minimum Gasteiger partial charge on any atom is -0.369 e. The summed E-state index contributed by atoms with van der Waals surface area (Å²) in [6.45, 7) is 3.55. The summed E-state index contributed by atoms with van der Waals surface area (Å²) < 4.78 is 71.3. The fourth-order valence-electron chi connectivity index (χ4n) is 3.76. The first-order valence-electron chi connectivity index (χ1n) is 10.2. The minimum atomic E-state index is -4.66. The Hall–Kier alpha value is -2.85. The fourth-order valence-corrected chi connectivity index (χ4v) is 5.50. The molecule has 3 aromatic rings. The van der Waals surface area contributed by atoms with Crippen LogP contribution >= 0.6 is 0 Å². The van der Waals surface area contributed by atoms with E-state index in [0.717, 1.165) is 11.8 Å². The van der Waals surface area contributed by atoms with Crippen LogP contribution in [-0.2, 0) is 22.6 Å². The first-order valence-corrected chi connectivity index (χ1v) is 11.6. The minimum absolute atomic E-state index is 0.0645. The Morgan fingerprint density at radius 2 is 1.69 bits per heavy atom. The van der Waals surface area contributed by atoms with Crippen molar-refractivity contribution in [2.45, 2.75) is 24.4 Å². The predicted octanol–water partition coefficient (Wildman–Crippen LogP) is 4.43. The lowest BCUT2D eigenvalue weighted by Gasteiger charge is -2.35. The topological polar surface area (TPSA) is 66.7 Å². The molecule has 0 amide bonds. The highest BCUT2D eigenvalue weighted by Gasteiger charge is 2.36. The van der Waals surface area contributed by atoms with Gasteiger partial charge in [-0.1, -0.05) is 42.4 Å². The summed E-state index contributed by atoms with van der Waals surface area (Å²) in [7, 11) is -3.84. The molecule has 1 aliphatic heterocycles. The van der Waals surface area contributed by atoms with Crippen molar-refractivity contribution >= 4 is 15.7 Å². The van der Waals surface area contributed by atoms with Crippen LogP contribution in [0.25, 0.3) is 11.3 Å². The largest absolute Gasteiger partial charge is 0.452 e. The summed E-state index contributed by atoms with van der Waals surface area (Å²) in [4.78, 5) is 2.21. The highest BCUT2D eigenvalue weighted by molar-refractivity contribution is 7.89. The van der Waals surface area contributed by atoms with E-state index < -0.39 is 22.0 Å². The lowest BCUT2D eigenvalue weighted by molar-refractivity contribution is -0.155. The first-order chi connectivity index (χ1) is 15.2. The molecule has 1 fully saturated rings. The summed E-state index contributed by atoms with van der Waals surface area (Å²) in [6.07, 6.45) is -4.20. The molecule has 0 spiro atoms. The lowest BCUT2D eigenvalue weighted by atomic mass is 10.1. The van der Waals surface area contributed by atoms with Crippen molar-refractivity contribution in [1.29, 1.82) is 0 Å². The van der Waals surface area contributed by atoms with E-state index in [1.165, 1.54) is 10.4 Å². The Kier molecular flexibility index (Phi) is 6.00. The van der Waals surface area contributed by atoms with Crippen molar-refractivity contribution in [3.05, 3.63) is 65.9 Å². The van der Waals surface area contributed by atoms with Gasteiger partial charge in [-0.15, -0.1) is 0 Å². The molecule has 0 saturated carbocycles. The molecule has 6 nitrogen and oxygen atoms in total. The Morgan fingerprint density at radius 3 is 2.28 bits per heavy atom. The zero-order chi connectivity index (χ0) is 22.9. The van der Waals surface area contributed by atoms with E-state index in [1.54, 1.807) is 12.1 Å². The van der Waals surface area contributed by atoms with Gasteiger partial charge in [0.25, 0.3) is 0 Å². The maximum Gasteiger partial charge on any atom is 0.452 e. The number of aryl methyl sites for hydroxylation is 1. The van der Waals surface area contributed by atoms with E-state index in [4.69, 9.17) is 0 Å². The van der Waals surface area contributed by atoms with Crippen molar-refractivity contribution in [2.75, 3.05) is 31.1 Å². The van der Waals surface area contributed by atoms with Crippen molar-refractivity contribution in [3.8, 4) is 11.3 Å². The number of para-hydroxylation sites is 1. The molecule has 0 N–H and O–H groups in total. The van der Waals surface area contributed by atoms with Crippen LogP contribution in [0.1, 0.15) is 18.2 Å². The first kappa shape index (κ1) is 22.3. The van der Waals surface area contributed by atoms with Gasteiger partial charge in [-0.3, -0.25) is 0 Å². The average molecular weight is 465 g/mol. The molecule has 1 saturated heterocycles. The number of benzene rings is 2. The Balaban J connectivity index is 1.60. The third kappa shape index (κ3) is 4.37. The van der Waals surface area contributed by atoms with E-state index in [0.29, 0.717) is 38.2 Å². The van der Waals surface area contributed by atoms with Gasteiger partial charge in [-0.2, -0.15) is 17.5 Å². The molecule has 0 bridgehead atoms. The summed E-state index contributed by atoms with van der Waals surface area (Å²) in [5.74, 6) is -1.23. The van der Waals surface area contributed by atoms with Gasteiger partial charge < -0.3 is 9.42 Å². The number of rotatable bonds is 5. The summed E-state index contributed by atoms with van der Waals surface area (Å²) in [6, 6.07) is 15.1. The molecule has 0 aliphatic carbocycles. The Bertz CT molecular complexity index is 1190. The number of nitrogens with zero attached hydrogens (tertiary/aromatic N) is 3. The van der Waals surface area contributed by atoms with Crippen molar-refractivity contribution in [1.82, 2.24) is 9.46 Å². The quantitative estimate of drug-likeness (QED) is 0.558. The van der Waals surface area contributed by atoms with Crippen molar-refractivity contribution in [2.24, 2.45) is 0 Å². The van der Waals surface area contributed by atoms with Gasteiger partial charge in [0.2, 0.25) is 15.8 Å². The van der Waals surface area contributed by atoms with Crippen molar-refractivity contribution < 1.29 is 26.1 Å². The molecular formula is C22H22F3N3O3S. The molecule has 10 heteroatoms. The number of sulfonamides is 1. The lowest BCUT2D eigenvalue weighted by Crippen LogP contribution is -2.48. The second kappa shape index (κ2) is 8.59. The fraction of sp³-hybridized carbons (Fsp3) is 0.318. The van der Waals surface area contributed by atoms with Crippen LogP contribution in [-0.4, -0.2) is 44.1 Å². The second-order valence-electron chi connectivity index (χ2n) is 7.48. The maximum atomic E-state index is 13.4. The van der Waals surface area contributed by atoms with Gasteiger partial charge in [0, 0.05) is 43.5 Å². The van der Waals surface area contributed by atoms with E-state index in [1.807, 2.05) is 37.3 Å². The summed E-state index contributed by atoms with van der Waals surface area (Å²) in [5.41, 5.74) is 1.82. The van der Waals surface area contributed by atoms with Gasteiger partial charge in [0.05, 0.1) is 4.90 Å². The van der Waals surface area contributed by atoms with Crippen LogP contribution in [0.4, 0.5) is 18.9 Å². The number of alkyl halides is 3. The SMILES string of the molecule is CCc1ccc(-c2cc(C(F)(F)F)on2)cc1S(=O)(=O)N1CCN(c2ccccc2)CC1. The third-order valence-corrected chi connectivity index (χ3v) is 7.49. The number of piperazine rings is 1. The second-order valence-corrected chi connectivity index (χ2v) is 9.38. The molecular weight excluding hydrogens is 443 g/mol. The van der Waals surface area contributed by atoms with E-state index in [2.05, 4.69) is 14.6 Å². The van der Waals surface area contributed by atoms with Gasteiger partial charge in [-0.25, -0.2) is 8.42 Å². The van der Waals surface area contributed by atoms with Crippen LogP contribution in [0, 0.1) is 0 Å². The normalized spacial score (nSPS) is 15.8. The molecule has 2 heterocycles. The zero-order valence-corrected chi connectivity index (χ0v) is 18.2. The van der Waals surface area contributed by atoms with Crippen LogP contribution in [0.2, 0.25) is 0 Å². The Morgan fingerprint density at radius 1 is 1.00 bits per heavy atom. The molecule has 2 aromatic carbocycles. The molecule has 1 aromatic heterocycles. The van der Waals surface area contributed by atoms with Crippen LogP contribution in [0.3, 0.4) is 0 Å². The maximum absolute atomic E-state index is 13.4. The zero-order valence-electron chi connectivity index (χ0n) is 17.3. The highest BCUT2D eigenvalue weighted by atomic mass is 32.2. The number of aromatic nitrogens is 1. The third-order valence-electron chi connectivity index (χ3n) is 5.51. The number of hydrogen-bond acceptors (Lipinski definition) is 5. The molecule has 0 radical (unpaired) electrons. The van der Waals surface area contributed by atoms with Crippen LogP contribution in [0.15, 0.2) is 64.0 Å². The van der Waals surface area contributed by atoms with E-state index in [-0.39, 0.29) is 16.2 Å². The highest BCUT2D eigenvalue weighted by Crippen LogP contribution is 2.34. The number of hydrogen-bond donors (Lipinski definition) is 0. The Labute approximate surface area is 184 Å². The standard InChI is InChI=1S/C22H22F3N3O3S/c1-2-16-8-9-17(19-15-21(31-26-19)22(23,24)25)14-20(16)32(29,30)28-12-10-27(11-13-28)18-6-4-3-5-7-18/h3-9,14-15H,2,10-13H2,1H3. The van der Waals surface area contributed by atoms with Crippen LogP contribution < -0.4 is 4.90 Å². The predicted molar refractivity (Wildman–Crippen MR) is 114 cm³/mol. The number of halogens is 3. The molecule has 4 rings (SSSR count). The molecule has 32 heavy (non-hydrogen) atoms. The smallest absolute Gasteiger partial charge is 0.369 e. The van der Waals surface area contributed by atoms with Gasteiger partial charge in [0.1, 0.15) is 5.69 Å². The molecule has 170 valence electrons. The van der Waals surface area contributed by atoms with Gasteiger partial charge in [-0.05, 0) is 30.2 Å². The van der Waals surface area contributed by atoms with Gasteiger partial charge in [0.15, 0.2) is 0 Å². The average Bonchev–Trinajstić information content (AvgIpc) is 3.30. The summed E-state index contributed by atoms with van der Waals surface area (Å²) >= 11 is 0. The van der Waals surface area contributed by atoms with Gasteiger partial charge >= 0.3 is 6.18 Å². The molecule has 1 aliphatic rings.